The molecule has 5 nitrogen and oxygen atoms in total. The number of amides is 1. The fourth-order valence-electron chi connectivity index (χ4n) is 2.07. The molecule has 0 aliphatic heterocycles. The predicted molar refractivity (Wildman–Crippen MR) is 90.4 cm³/mol. The third-order valence-electron chi connectivity index (χ3n) is 2.99. The summed E-state index contributed by atoms with van der Waals surface area (Å²) in [5.74, 6) is -0.321. The van der Waals surface area contributed by atoms with Gasteiger partial charge in [0.2, 0.25) is 5.91 Å². The molecule has 1 unspecified atom stereocenters. The van der Waals surface area contributed by atoms with Crippen molar-refractivity contribution < 1.29 is 18.4 Å². The lowest BCUT2D eigenvalue weighted by Crippen LogP contribution is -2.37. The summed E-state index contributed by atoms with van der Waals surface area (Å²) in [5.41, 5.74) is -0.151. The van der Waals surface area contributed by atoms with E-state index in [4.69, 9.17) is 9.05 Å². The number of carbonyl (C=O) groups excluding carboxylic acids is 1. The molecule has 0 fully saturated rings. The zero-order chi connectivity index (χ0) is 16.8. The molecule has 0 spiro atoms. The minimum atomic E-state index is -3.37. The van der Waals surface area contributed by atoms with E-state index in [2.05, 4.69) is 26.1 Å². The van der Waals surface area contributed by atoms with Gasteiger partial charge in [0.1, 0.15) is 6.16 Å². The molecule has 22 heavy (non-hydrogen) atoms. The second-order valence-corrected chi connectivity index (χ2v) is 9.02. The van der Waals surface area contributed by atoms with Gasteiger partial charge in [0.05, 0.1) is 19.3 Å². The van der Waals surface area contributed by atoms with E-state index in [1.54, 1.807) is 25.2 Å². The van der Waals surface area contributed by atoms with Crippen molar-refractivity contribution in [3.05, 3.63) is 22.4 Å². The van der Waals surface area contributed by atoms with Crippen LogP contribution >= 0.6 is 18.9 Å². The second-order valence-electron chi connectivity index (χ2n) is 5.99. The average molecular weight is 347 g/mol. The van der Waals surface area contributed by atoms with Crippen molar-refractivity contribution in [1.29, 1.82) is 0 Å². The van der Waals surface area contributed by atoms with Crippen molar-refractivity contribution in [1.82, 2.24) is 5.32 Å². The number of hydrogen-bond acceptors (Lipinski definition) is 5. The maximum absolute atomic E-state index is 12.4. The van der Waals surface area contributed by atoms with E-state index in [-0.39, 0.29) is 36.7 Å². The molecule has 7 heteroatoms. The lowest BCUT2D eigenvalue weighted by atomic mass is 9.86. The standard InChI is InChI=1S/C15H26NO4PS/c1-6-19-21(18,20-7-2)11-13(17)16-14(15(3,4)5)12-9-8-10-22-12/h8-10,14H,6-7,11H2,1-5H3,(H,16,17). The Morgan fingerprint density at radius 1 is 1.32 bits per heavy atom. The first-order chi connectivity index (χ1) is 10.2. The molecule has 1 N–H and O–H groups in total. The van der Waals surface area contributed by atoms with Crippen LogP contribution in [0.25, 0.3) is 0 Å². The minimum Gasteiger partial charge on any atom is -0.347 e. The molecule has 1 amide bonds. The van der Waals surface area contributed by atoms with Crippen LogP contribution in [0.1, 0.15) is 45.5 Å². The van der Waals surface area contributed by atoms with Gasteiger partial charge in [0.15, 0.2) is 0 Å². The number of rotatable bonds is 8. The Morgan fingerprint density at radius 2 is 1.91 bits per heavy atom. The summed E-state index contributed by atoms with van der Waals surface area (Å²) in [6, 6.07) is 3.80. The van der Waals surface area contributed by atoms with E-state index in [0.29, 0.717) is 0 Å². The SMILES string of the molecule is CCOP(=O)(CC(=O)NC(c1cccs1)C(C)(C)C)OCC. The number of carbonyl (C=O) groups is 1. The lowest BCUT2D eigenvalue weighted by molar-refractivity contribution is -0.120. The van der Waals surface area contributed by atoms with Crippen LogP contribution < -0.4 is 5.32 Å². The summed E-state index contributed by atoms with van der Waals surface area (Å²) in [4.78, 5) is 13.4. The van der Waals surface area contributed by atoms with Crippen molar-refractivity contribution >= 4 is 24.8 Å². The van der Waals surface area contributed by atoms with Gasteiger partial charge in [0, 0.05) is 4.88 Å². The molecule has 1 heterocycles. The normalized spacial score (nSPS) is 13.9. The number of hydrogen-bond donors (Lipinski definition) is 1. The zero-order valence-corrected chi connectivity index (χ0v) is 15.6. The molecule has 1 rings (SSSR count). The van der Waals surface area contributed by atoms with Crippen LogP contribution in [-0.4, -0.2) is 25.3 Å². The Balaban J connectivity index is 2.82. The highest BCUT2D eigenvalue weighted by Crippen LogP contribution is 2.48. The molecule has 1 aromatic heterocycles. The summed E-state index contributed by atoms with van der Waals surface area (Å²) >= 11 is 1.59. The first kappa shape index (κ1) is 19.4. The van der Waals surface area contributed by atoms with Crippen LogP contribution in [0.4, 0.5) is 0 Å². The predicted octanol–water partition coefficient (Wildman–Crippen LogP) is 4.22. The van der Waals surface area contributed by atoms with Gasteiger partial charge >= 0.3 is 7.60 Å². The van der Waals surface area contributed by atoms with Gasteiger partial charge in [-0.15, -0.1) is 11.3 Å². The Bertz CT molecular complexity index is 500. The molecular formula is C15H26NO4PS. The maximum atomic E-state index is 12.4. The van der Waals surface area contributed by atoms with Crippen LogP contribution in [0.2, 0.25) is 0 Å². The Labute approximate surface area is 136 Å². The van der Waals surface area contributed by atoms with E-state index < -0.39 is 7.60 Å². The molecule has 0 saturated carbocycles. The Hall–Kier alpha value is -0.680. The minimum absolute atomic E-state index is 0.142. The van der Waals surface area contributed by atoms with E-state index in [9.17, 15) is 9.36 Å². The first-order valence-corrected chi connectivity index (χ1v) is 10.0. The molecular weight excluding hydrogens is 321 g/mol. The Kier molecular flexibility index (Phi) is 7.26. The summed E-state index contributed by atoms with van der Waals surface area (Å²) in [7, 11) is -3.37. The molecule has 1 aromatic rings. The van der Waals surface area contributed by atoms with E-state index in [1.807, 2.05) is 17.5 Å². The fraction of sp³-hybridized carbons (Fsp3) is 0.667. The number of nitrogens with one attached hydrogen (secondary N) is 1. The van der Waals surface area contributed by atoms with Crippen molar-refractivity contribution in [2.45, 2.75) is 40.7 Å². The van der Waals surface area contributed by atoms with E-state index in [0.717, 1.165) is 4.88 Å². The van der Waals surface area contributed by atoms with Crippen molar-refractivity contribution in [3.63, 3.8) is 0 Å². The Morgan fingerprint density at radius 3 is 2.32 bits per heavy atom. The lowest BCUT2D eigenvalue weighted by Gasteiger charge is -2.31. The van der Waals surface area contributed by atoms with E-state index in [1.165, 1.54) is 0 Å². The van der Waals surface area contributed by atoms with Gasteiger partial charge in [-0.1, -0.05) is 26.8 Å². The van der Waals surface area contributed by atoms with Crippen molar-refractivity contribution in [2.75, 3.05) is 19.4 Å². The molecule has 0 saturated heterocycles. The van der Waals surface area contributed by atoms with Crippen LogP contribution in [0.15, 0.2) is 17.5 Å². The molecule has 0 radical (unpaired) electrons. The highest BCUT2D eigenvalue weighted by Gasteiger charge is 2.32. The third-order valence-corrected chi connectivity index (χ3v) is 5.90. The highest BCUT2D eigenvalue weighted by molar-refractivity contribution is 7.54. The van der Waals surface area contributed by atoms with Crippen molar-refractivity contribution in [3.8, 4) is 0 Å². The topological polar surface area (TPSA) is 64.6 Å². The van der Waals surface area contributed by atoms with Crippen LogP contribution in [0.3, 0.4) is 0 Å². The summed E-state index contributed by atoms with van der Waals surface area (Å²) in [5, 5.41) is 4.95. The quantitative estimate of drug-likeness (QED) is 0.715. The van der Waals surface area contributed by atoms with Gasteiger partial charge in [-0.3, -0.25) is 9.36 Å². The molecule has 0 aliphatic carbocycles. The smallest absolute Gasteiger partial charge is 0.340 e. The van der Waals surface area contributed by atoms with Crippen molar-refractivity contribution in [2.24, 2.45) is 5.41 Å². The largest absolute Gasteiger partial charge is 0.347 e. The number of thiophene rings is 1. The van der Waals surface area contributed by atoms with Gasteiger partial charge in [0.25, 0.3) is 0 Å². The van der Waals surface area contributed by atoms with Crippen LogP contribution in [0, 0.1) is 5.41 Å². The highest BCUT2D eigenvalue weighted by atomic mass is 32.1. The second kappa shape index (κ2) is 8.25. The summed E-state index contributed by atoms with van der Waals surface area (Å²) in [6.07, 6.45) is -0.257. The fourth-order valence-corrected chi connectivity index (χ4v) is 4.58. The summed E-state index contributed by atoms with van der Waals surface area (Å²) < 4.78 is 22.8. The average Bonchev–Trinajstić information content (AvgIpc) is 2.88. The molecule has 126 valence electrons. The van der Waals surface area contributed by atoms with Gasteiger partial charge in [-0.2, -0.15) is 0 Å². The van der Waals surface area contributed by atoms with E-state index >= 15 is 0 Å². The molecule has 1 atom stereocenters. The molecule has 0 aliphatic rings. The van der Waals surface area contributed by atoms with Gasteiger partial charge < -0.3 is 14.4 Å². The monoisotopic (exact) mass is 347 g/mol. The van der Waals surface area contributed by atoms with Crippen LogP contribution in [0.5, 0.6) is 0 Å². The van der Waals surface area contributed by atoms with Gasteiger partial charge in [-0.25, -0.2) is 0 Å². The third kappa shape index (κ3) is 5.84. The molecule has 0 aromatic carbocycles. The first-order valence-electron chi connectivity index (χ1n) is 7.42. The summed E-state index contributed by atoms with van der Waals surface area (Å²) in [6.45, 7) is 10.1. The van der Waals surface area contributed by atoms with Crippen LogP contribution in [-0.2, 0) is 18.4 Å². The molecule has 0 bridgehead atoms. The zero-order valence-electron chi connectivity index (χ0n) is 13.9. The van der Waals surface area contributed by atoms with Gasteiger partial charge in [-0.05, 0) is 30.7 Å². The maximum Gasteiger partial charge on any atom is 0.340 e.